The molecule has 0 bridgehead atoms. The number of hydrogen-bond donors (Lipinski definition) is 0. The van der Waals surface area contributed by atoms with Crippen LogP contribution >= 0.6 is 12.4 Å². The highest BCUT2D eigenvalue weighted by atomic mass is 35.5. The van der Waals surface area contributed by atoms with Crippen molar-refractivity contribution in [2.45, 2.75) is 19.1 Å². The number of pyridine rings is 1. The van der Waals surface area contributed by atoms with Crippen molar-refractivity contribution in [3.63, 3.8) is 0 Å². The highest BCUT2D eigenvalue weighted by Crippen LogP contribution is 2.33. The predicted octanol–water partition coefficient (Wildman–Crippen LogP) is 2.93. The summed E-state index contributed by atoms with van der Waals surface area (Å²) in [5.41, 5.74) is 3.37. The summed E-state index contributed by atoms with van der Waals surface area (Å²) in [5, 5.41) is 13.9. The Morgan fingerprint density at radius 3 is 2.73 bits per heavy atom. The van der Waals surface area contributed by atoms with Crippen molar-refractivity contribution in [3.8, 4) is 11.5 Å². The van der Waals surface area contributed by atoms with Gasteiger partial charge in [-0.25, -0.2) is 4.68 Å². The van der Waals surface area contributed by atoms with Gasteiger partial charge in [-0.15, -0.1) is 17.5 Å². The SMILES string of the molecule is COCCn1nnnc1C(c1ccc2ncccc2c1)N1CCN(Cc2ccc3c(c2)OCO3)CC1.Cl. The van der Waals surface area contributed by atoms with Gasteiger partial charge < -0.3 is 14.2 Å². The molecule has 6 rings (SSSR count). The minimum absolute atomic E-state index is 0. The molecule has 1 saturated heterocycles. The van der Waals surface area contributed by atoms with Crippen LogP contribution in [0, 0.1) is 0 Å². The van der Waals surface area contributed by atoms with E-state index < -0.39 is 0 Å². The highest BCUT2D eigenvalue weighted by molar-refractivity contribution is 5.85. The molecule has 0 spiro atoms. The smallest absolute Gasteiger partial charge is 0.231 e. The van der Waals surface area contributed by atoms with Crippen LogP contribution in [0.1, 0.15) is 23.0 Å². The van der Waals surface area contributed by atoms with Crippen LogP contribution in [0.4, 0.5) is 0 Å². The zero-order valence-corrected chi connectivity index (χ0v) is 21.5. The molecular formula is C26H30ClN7O3. The van der Waals surface area contributed by atoms with Gasteiger partial charge in [0, 0.05) is 51.4 Å². The molecule has 11 heteroatoms. The summed E-state index contributed by atoms with van der Waals surface area (Å²) in [6.07, 6.45) is 1.82. The molecule has 0 radical (unpaired) electrons. The summed E-state index contributed by atoms with van der Waals surface area (Å²) in [6.45, 7) is 6.02. The minimum Gasteiger partial charge on any atom is -0.454 e. The summed E-state index contributed by atoms with van der Waals surface area (Å²) >= 11 is 0. The van der Waals surface area contributed by atoms with E-state index in [2.05, 4.69) is 66.7 Å². The monoisotopic (exact) mass is 523 g/mol. The Labute approximate surface area is 221 Å². The number of hydrogen-bond acceptors (Lipinski definition) is 9. The lowest BCUT2D eigenvalue weighted by molar-refractivity contribution is 0.0988. The molecule has 0 amide bonds. The molecule has 10 nitrogen and oxygen atoms in total. The highest BCUT2D eigenvalue weighted by Gasteiger charge is 2.31. The number of methoxy groups -OCH3 is 1. The van der Waals surface area contributed by atoms with Gasteiger partial charge in [-0.1, -0.05) is 18.2 Å². The lowest BCUT2D eigenvalue weighted by Gasteiger charge is -2.39. The first-order chi connectivity index (χ1) is 17.8. The van der Waals surface area contributed by atoms with Gasteiger partial charge in [0.25, 0.3) is 0 Å². The number of tetrazole rings is 1. The number of rotatable bonds is 8. The molecule has 2 aromatic heterocycles. The lowest BCUT2D eigenvalue weighted by Crippen LogP contribution is -2.48. The molecule has 0 N–H and O–H groups in total. The van der Waals surface area contributed by atoms with Gasteiger partial charge in [-0.2, -0.15) is 0 Å². The fourth-order valence-corrected chi connectivity index (χ4v) is 5.01. The van der Waals surface area contributed by atoms with E-state index in [0.717, 1.165) is 66.5 Å². The van der Waals surface area contributed by atoms with Crippen molar-refractivity contribution in [3.05, 3.63) is 71.7 Å². The summed E-state index contributed by atoms with van der Waals surface area (Å²) in [5.74, 6) is 2.49. The lowest BCUT2D eigenvalue weighted by atomic mass is 10.0. The molecular weight excluding hydrogens is 494 g/mol. The van der Waals surface area contributed by atoms with Crippen LogP contribution in [0.2, 0.25) is 0 Å². The van der Waals surface area contributed by atoms with Gasteiger partial charge in [0.2, 0.25) is 6.79 Å². The number of nitrogens with zero attached hydrogens (tertiary/aromatic N) is 7. The van der Waals surface area contributed by atoms with Crippen molar-refractivity contribution in [1.82, 2.24) is 35.0 Å². The molecule has 2 aliphatic rings. The third-order valence-electron chi connectivity index (χ3n) is 6.87. The summed E-state index contributed by atoms with van der Waals surface area (Å²) in [6, 6.07) is 16.7. The Bertz CT molecular complexity index is 1340. The Hall–Kier alpha value is -3.31. The van der Waals surface area contributed by atoms with E-state index in [1.54, 1.807) is 7.11 Å². The molecule has 2 aromatic carbocycles. The zero-order chi connectivity index (χ0) is 24.3. The van der Waals surface area contributed by atoms with Crippen molar-refractivity contribution >= 4 is 23.3 Å². The van der Waals surface area contributed by atoms with E-state index in [1.807, 2.05) is 23.0 Å². The third-order valence-corrected chi connectivity index (χ3v) is 6.87. The second-order valence-corrected chi connectivity index (χ2v) is 9.11. The Balaban J connectivity index is 0.00000280. The van der Waals surface area contributed by atoms with Crippen molar-refractivity contribution in [2.24, 2.45) is 0 Å². The number of halogens is 1. The van der Waals surface area contributed by atoms with E-state index in [9.17, 15) is 0 Å². The summed E-state index contributed by atoms with van der Waals surface area (Å²) < 4.78 is 18.2. The second kappa shape index (κ2) is 11.4. The fourth-order valence-electron chi connectivity index (χ4n) is 5.01. The van der Waals surface area contributed by atoms with Crippen molar-refractivity contribution in [2.75, 3.05) is 46.7 Å². The maximum atomic E-state index is 5.55. The molecule has 2 aliphatic heterocycles. The largest absolute Gasteiger partial charge is 0.454 e. The van der Waals surface area contributed by atoms with E-state index in [1.165, 1.54) is 5.56 Å². The normalized spacial score (nSPS) is 16.6. The number of aromatic nitrogens is 5. The van der Waals surface area contributed by atoms with E-state index in [-0.39, 0.29) is 18.4 Å². The number of benzene rings is 2. The molecule has 0 aliphatic carbocycles. The Morgan fingerprint density at radius 1 is 1.00 bits per heavy atom. The van der Waals surface area contributed by atoms with Crippen LogP contribution in [0.25, 0.3) is 10.9 Å². The minimum atomic E-state index is -0.0610. The molecule has 4 heterocycles. The van der Waals surface area contributed by atoms with Gasteiger partial charge in [-0.05, 0) is 51.9 Å². The Kier molecular flexibility index (Phi) is 7.80. The van der Waals surface area contributed by atoms with Crippen LogP contribution in [0.15, 0.2) is 54.7 Å². The third kappa shape index (κ3) is 5.37. The van der Waals surface area contributed by atoms with Crippen LogP contribution in [0.3, 0.4) is 0 Å². The maximum absolute atomic E-state index is 5.55. The maximum Gasteiger partial charge on any atom is 0.231 e. The summed E-state index contributed by atoms with van der Waals surface area (Å²) in [4.78, 5) is 9.44. The first-order valence-corrected chi connectivity index (χ1v) is 12.2. The van der Waals surface area contributed by atoms with Crippen molar-refractivity contribution < 1.29 is 14.2 Å². The predicted molar refractivity (Wildman–Crippen MR) is 140 cm³/mol. The molecule has 1 fully saturated rings. The topological polar surface area (TPSA) is 90.7 Å². The van der Waals surface area contributed by atoms with E-state index >= 15 is 0 Å². The van der Waals surface area contributed by atoms with Crippen LogP contribution in [-0.2, 0) is 17.8 Å². The summed E-state index contributed by atoms with van der Waals surface area (Å²) in [7, 11) is 1.69. The molecule has 4 aromatic rings. The molecule has 0 saturated carbocycles. The average molecular weight is 524 g/mol. The van der Waals surface area contributed by atoms with Gasteiger partial charge in [0.15, 0.2) is 17.3 Å². The molecule has 1 atom stereocenters. The molecule has 1 unspecified atom stereocenters. The molecule has 194 valence electrons. The first-order valence-electron chi connectivity index (χ1n) is 12.2. The average Bonchev–Trinajstić information content (AvgIpc) is 3.58. The van der Waals surface area contributed by atoms with Crippen molar-refractivity contribution in [1.29, 1.82) is 0 Å². The standard InChI is InChI=1S/C26H29N7O3.ClH/c1-34-14-13-33-26(28-29-30-33)25(21-5-6-22-20(16-21)3-2-8-27-22)32-11-9-31(10-12-32)17-19-4-7-23-24(15-19)36-18-35-23;/h2-8,15-16,25H,9-14,17-18H2,1H3;1H. The van der Waals surface area contributed by atoms with Crippen LogP contribution < -0.4 is 9.47 Å². The number of fused-ring (bicyclic) bond motifs is 2. The van der Waals surface area contributed by atoms with Crippen LogP contribution in [0.5, 0.6) is 11.5 Å². The van der Waals surface area contributed by atoms with Gasteiger partial charge in [0.1, 0.15) is 0 Å². The zero-order valence-electron chi connectivity index (χ0n) is 20.7. The Morgan fingerprint density at radius 2 is 1.86 bits per heavy atom. The van der Waals surface area contributed by atoms with Gasteiger partial charge >= 0.3 is 0 Å². The first kappa shape index (κ1) is 25.3. The fraction of sp³-hybridized carbons (Fsp3) is 0.385. The van der Waals surface area contributed by atoms with Crippen LogP contribution in [-0.4, -0.2) is 81.7 Å². The quantitative estimate of drug-likeness (QED) is 0.345. The van der Waals surface area contributed by atoms with E-state index in [0.29, 0.717) is 19.9 Å². The second-order valence-electron chi connectivity index (χ2n) is 9.11. The van der Waals surface area contributed by atoms with Gasteiger partial charge in [0.05, 0.1) is 24.7 Å². The molecule has 37 heavy (non-hydrogen) atoms. The van der Waals surface area contributed by atoms with E-state index in [4.69, 9.17) is 14.2 Å². The number of ether oxygens (including phenoxy) is 3. The van der Waals surface area contributed by atoms with Gasteiger partial charge in [-0.3, -0.25) is 14.8 Å². The number of piperazine rings is 1.